The summed E-state index contributed by atoms with van der Waals surface area (Å²) in [6, 6.07) is 0. The molecule has 0 aromatic heterocycles. The van der Waals surface area contributed by atoms with Gasteiger partial charge in [-0.25, -0.2) is 19.2 Å². The standard InChI is InChI=1S/C21H31NO9.C9H14O3.C8H12O4/c1-3-18(23)28-12-7-5-9-20(25)30-16-11-14-27-17(15-16)22-31-21(26)10-6-8-13-29-19(24)4-2;1-3-9(11)12-7-5-4-6-8(2)10;1-2-8(11)12-6-4-3-5-7(9)10/h3-4,16-17,22H,1-2,5-15H2;3H,1,4-7H2,2H3;2H,1,3-6H2,(H,9,10). The molecule has 1 aliphatic heterocycles. The zero-order chi connectivity index (χ0) is 41.7. The second kappa shape index (κ2) is 35.8. The van der Waals surface area contributed by atoms with E-state index in [-0.39, 0.29) is 56.9 Å². The van der Waals surface area contributed by atoms with Crippen molar-refractivity contribution < 1.29 is 76.7 Å². The average molecular weight is 784 g/mol. The van der Waals surface area contributed by atoms with Crippen LogP contribution in [0.3, 0.4) is 0 Å². The Hall–Kier alpha value is -5.16. The number of carboxylic acid groups (broad SMARTS) is 1. The number of esters is 5. The number of carbonyl (C=O) groups is 8. The van der Waals surface area contributed by atoms with Crippen molar-refractivity contribution in [2.45, 2.75) is 109 Å². The number of hydrogen-bond acceptors (Lipinski definition) is 16. The Morgan fingerprint density at radius 2 is 1.02 bits per heavy atom. The van der Waals surface area contributed by atoms with Gasteiger partial charge in [0.2, 0.25) is 0 Å². The molecule has 55 heavy (non-hydrogen) atoms. The van der Waals surface area contributed by atoms with Gasteiger partial charge < -0.3 is 43.2 Å². The van der Waals surface area contributed by atoms with E-state index in [2.05, 4.69) is 36.5 Å². The summed E-state index contributed by atoms with van der Waals surface area (Å²) < 4.78 is 29.9. The fraction of sp³-hybridized carbons (Fsp3) is 0.579. The minimum Gasteiger partial charge on any atom is -0.481 e. The van der Waals surface area contributed by atoms with E-state index in [1.807, 2.05) is 0 Å². The number of hydroxylamine groups is 1. The van der Waals surface area contributed by atoms with Gasteiger partial charge in [-0.2, -0.15) is 0 Å². The maximum Gasteiger partial charge on any atom is 0.330 e. The summed E-state index contributed by atoms with van der Waals surface area (Å²) in [4.78, 5) is 91.9. The highest BCUT2D eigenvalue weighted by Crippen LogP contribution is 2.17. The molecule has 1 aliphatic rings. The second-order valence-corrected chi connectivity index (χ2v) is 11.5. The SMILES string of the molecule is C=CC(=O)OCCCCC(=O)O.C=CC(=O)OCCCCC(=O)ONC1CC(OC(=O)CCCCOC(=O)C=C)CCO1.C=CC(=O)OCCCCC(C)=O. The number of aliphatic carboxylic acids is 1. The normalized spacial score (nSPS) is 14.0. The lowest BCUT2D eigenvalue weighted by Crippen LogP contribution is -2.42. The smallest absolute Gasteiger partial charge is 0.330 e. The van der Waals surface area contributed by atoms with Crippen molar-refractivity contribution in [3.8, 4) is 0 Å². The number of ketones is 1. The van der Waals surface area contributed by atoms with Crippen molar-refractivity contribution in [3.05, 3.63) is 50.6 Å². The van der Waals surface area contributed by atoms with E-state index < -0.39 is 42.0 Å². The Morgan fingerprint density at radius 3 is 1.42 bits per heavy atom. The molecule has 1 fully saturated rings. The van der Waals surface area contributed by atoms with Gasteiger partial charge in [-0.15, -0.1) is 5.48 Å². The lowest BCUT2D eigenvalue weighted by molar-refractivity contribution is -0.178. The van der Waals surface area contributed by atoms with Crippen LogP contribution in [0.15, 0.2) is 50.6 Å². The molecule has 0 aromatic carbocycles. The lowest BCUT2D eigenvalue weighted by atomic mass is 10.1. The Labute approximate surface area is 322 Å². The summed E-state index contributed by atoms with van der Waals surface area (Å²) in [6.07, 6.45) is 10.2. The van der Waals surface area contributed by atoms with Crippen LogP contribution in [0, 0.1) is 0 Å². The third kappa shape index (κ3) is 37.0. The lowest BCUT2D eigenvalue weighted by Gasteiger charge is -2.29. The Morgan fingerprint density at radius 1 is 0.618 bits per heavy atom. The van der Waals surface area contributed by atoms with E-state index in [0.717, 1.165) is 37.1 Å². The fourth-order valence-corrected chi connectivity index (χ4v) is 3.91. The van der Waals surface area contributed by atoms with Gasteiger partial charge in [-0.3, -0.25) is 14.4 Å². The zero-order valence-electron chi connectivity index (χ0n) is 31.8. The zero-order valence-corrected chi connectivity index (χ0v) is 31.8. The van der Waals surface area contributed by atoms with E-state index in [9.17, 15) is 38.4 Å². The number of hydrogen-bond donors (Lipinski definition) is 2. The summed E-state index contributed by atoms with van der Waals surface area (Å²) in [6.45, 7) is 16.1. The van der Waals surface area contributed by atoms with Gasteiger partial charge in [0.05, 0.1) is 33.0 Å². The van der Waals surface area contributed by atoms with Crippen molar-refractivity contribution in [2.75, 3.05) is 33.0 Å². The molecule has 0 radical (unpaired) electrons. The third-order valence-corrected chi connectivity index (χ3v) is 6.74. The van der Waals surface area contributed by atoms with Crippen LogP contribution in [0.5, 0.6) is 0 Å². The average Bonchev–Trinajstić information content (AvgIpc) is 3.16. The molecule has 1 saturated heterocycles. The molecule has 0 bridgehead atoms. The third-order valence-electron chi connectivity index (χ3n) is 6.74. The van der Waals surface area contributed by atoms with Crippen LogP contribution >= 0.6 is 0 Å². The monoisotopic (exact) mass is 783 g/mol. The first kappa shape index (κ1) is 51.9. The van der Waals surface area contributed by atoms with Gasteiger partial charge in [0.25, 0.3) is 0 Å². The molecule has 0 aromatic rings. The number of ether oxygens (including phenoxy) is 6. The maximum absolute atomic E-state index is 11.9. The highest BCUT2D eigenvalue weighted by Gasteiger charge is 2.26. The molecule has 0 amide bonds. The Balaban J connectivity index is 0. The molecular formula is C38H57NO16. The molecule has 17 heteroatoms. The predicted octanol–water partition coefficient (Wildman–Crippen LogP) is 4.33. The largest absolute Gasteiger partial charge is 0.481 e. The fourth-order valence-electron chi connectivity index (χ4n) is 3.91. The molecule has 0 saturated carbocycles. The van der Waals surface area contributed by atoms with Crippen LogP contribution in [0.1, 0.15) is 96.8 Å². The van der Waals surface area contributed by atoms with Crippen LogP contribution < -0.4 is 5.48 Å². The molecule has 1 heterocycles. The molecular weight excluding hydrogens is 726 g/mol. The molecule has 1 rings (SSSR count). The van der Waals surface area contributed by atoms with Gasteiger partial charge >= 0.3 is 41.8 Å². The quantitative estimate of drug-likeness (QED) is 0.0388. The summed E-state index contributed by atoms with van der Waals surface area (Å²) in [5, 5.41) is 8.24. The highest BCUT2D eigenvalue weighted by atomic mass is 16.7. The van der Waals surface area contributed by atoms with E-state index in [4.69, 9.17) is 33.6 Å². The first-order valence-electron chi connectivity index (χ1n) is 17.9. The molecule has 310 valence electrons. The van der Waals surface area contributed by atoms with Crippen LogP contribution in [-0.2, 0) is 71.6 Å². The van der Waals surface area contributed by atoms with Crippen LogP contribution in [0.25, 0.3) is 0 Å². The van der Waals surface area contributed by atoms with Crippen molar-refractivity contribution >= 4 is 47.6 Å². The minimum atomic E-state index is -0.829. The summed E-state index contributed by atoms with van der Waals surface area (Å²) in [5.74, 6) is -3.32. The summed E-state index contributed by atoms with van der Waals surface area (Å²) in [7, 11) is 0. The number of carboxylic acids is 1. The van der Waals surface area contributed by atoms with Crippen molar-refractivity contribution in [2.24, 2.45) is 0 Å². The first-order chi connectivity index (χ1) is 26.3. The molecule has 2 N–H and O–H groups in total. The van der Waals surface area contributed by atoms with Crippen LogP contribution in [-0.4, -0.2) is 98.0 Å². The highest BCUT2D eigenvalue weighted by molar-refractivity contribution is 5.82. The minimum absolute atomic E-state index is 0.117. The number of unbranched alkanes of at least 4 members (excludes halogenated alkanes) is 4. The van der Waals surface area contributed by atoms with Gasteiger partial charge in [0.15, 0.2) is 0 Å². The maximum atomic E-state index is 11.9. The topological polar surface area (TPSA) is 233 Å². The number of Topliss-reactive ketones (excluding diaryl/α,β-unsaturated/α-hetero) is 1. The van der Waals surface area contributed by atoms with E-state index in [0.29, 0.717) is 71.0 Å². The second-order valence-electron chi connectivity index (χ2n) is 11.5. The summed E-state index contributed by atoms with van der Waals surface area (Å²) >= 11 is 0. The Bertz CT molecular complexity index is 1190. The van der Waals surface area contributed by atoms with Crippen molar-refractivity contribution in [3.63, 3.8) is 0 Å². The van der Waals surface area contributed by atoms with Crippen LogP contribution in [0.2, 0.25) is 0 Å². The molecule has 2 atom stereocenters. The van der Waals surface area contributed by atoms with E-state index in [1.165, 1.54) is 0 Å². The van der Waals surface area contributed by atoms with Crippen LogP contribution in [0.4, 0.5) is 0 Å². The predicted molar refractivity (Wildman–Crippen MR) is 196 cm³/mol. The van der Waals surface area contributed by atoms with E-state index in [1.54, 1.807) is 6.92 Å². The van der Waals surface area contributed by atoms with E-state index >= 15 is 0 Å². The Kier molecular flexibility index (Phi) is 33.9. The van der Waals surface area contributed by atoms with Gasteiger partial charge in [-0.05, 0) is 58.3 Å². The number of nitrogens with one attached hydrogen (secondary N) is 1. The molecule has 2 unspecified atom stereocenters. The molecule has 0 aliphatic carbocycles. The number of rotatable bonds is 27. The van der Waals surface area contributed by atoms with Crippen molar-refractivity contribution in [1.82, 2.24) is 5.48 Å². The van der Waals surface area contributed by atoms with Crippen molar-refractivity contribution in [1.29, 1.82) is 0 Å². The van der Waals surface area contributed by atoms with Gasteiger partial charge in [-0.1, -0.05) is 26.3 Å². The molecule has 0 spiro atoms. The van der Waals surface area contributed by atoms with Gasteiger partial charge in [0, 0.05) is 62.8 Å². The summed E-state index contributed by atoms with van der Waals surface area (Å²) in [5.41, 5.74) is 2.55. The molecule has 17 nitrogen and oxygen atoms in total. The number of carbonyl (C=O) groups excluding carboxylic acids is 7. The first-order valence-corrected chi connectivity index (χ1v) is 17.9. The van der Waals surface area contributed by atoms with Gasteiger partial charge in [0.1, 0.15) is 18.1 Å².